The number of carbonyl (C=O) groups is 1. The summed E-state index contributed by atoms with van der Waals surface area (Å²) < 4.78 is 5.05. The fourth-order valence-electron chi connectivity index (χ4n) is 4.20. The monoisotopic (exact) mass is 436 g/mol. The second-order valence-corrected chi connectivity index (χ2v) is 8.53. The average molecular weight is 437 g/mol. The minimum atomic E-state index is 0.0885. The number of ether oxygens (including phenoxy) is 1. The Labute approximate surface area is 189 Å². The molecule has 1 atom stereocenters. The Morgan fingerprint density at radius 3 is 2.88 bits per heavy atom. The van der Waals surface area contributed by atoms with Crippen molar-refractivity contribution in [1.82, 2.24) is 14.9 Å². The molecule has 2 aromatic heterocycles. The van der Waals surface area contributed by atoms with Crippen LogP contribution >= 0.6 is 0 Å². The van der Waals surface area contributed by atoms with Crippen molar-refractivity contribution < 1.29 is 9.53 Å². The van der Waals surface area contributed by atoms with Crippen molar-refractivity contribution in [3.63, 3.8) is 0 Å². The molecule has 8 heteroatoms. The lowest BCUT2D eigenvalue weighted by molar-refractivity contribution is -0.134. The summed E-state index contributed by atoms with van der Waals surface area (Å²) in [5, 5.41) is 3.48. The van der Waals surface area contributed by atoms with E-state index < -0.39 is 0 Å². The molecule has 3 N–H and O–H groups in total. The fourth-order valence-corrected chi connectivity index (χ4v) is 4.20. The fraction of sp³-hybridized carbons (Fsp3) is 0.458. The molecular weight excluding hydrogens is 404 g/mol. The molecule has 2 aromatic rings. The molecule has 0 unspecified atom stereocenters. The molecule has 0 radical (unpaired) electrons. The van der Waals surface area contributed by atoms with Gasteiger partial charge in [0.2, 0.25) is 5.91 Å². The molecule has 8 nitrogen and oxygen atoms in total. The largest absolute Gasteiger partial charge is 0.396 e. The lowest BCUT2D eigenvalue weighted by atomic mass is 10.1. The summed E-state index contributed by atoms with van der Waals surface area (Å²) in [6.45, 7) is 8.39. The van der Waals surface area contributed by atoms with Crippen LogP contribution in [-0.2, 0) is 9.53 Å². The molecular formula is C24H32N6O2. The van der Waals surface area contributed by atoms with Crippen molar-refractivity contribution in [2.45, 2.75) is 38.1 Å². The highest BCUT2D eigenvalue weighted by molar-refractivity contribution is 5.78. The number of nitrogen functional groups attached to an aromatic ring is 1. The summed E-state index contributed by atoms with van der Waals surface area (Å²) >= 11 is 0. The van der Waals surface area contributed by atoms with Crippen molar-refractivity contribution in [3.05, 3.63) is 42.4 Å². The highest BCUT2D eigenvalue weighted by Crippen LogP contribution is 2.45. The molecule has 0 aromatic carbocycles. The number of nitrogens with zero attached hydrogens (tertiary/aromatic N) is 4. The maximum atomic E-state index is 12.5. The van der Waals surface area contributed by atoms with E-state index >= 15 is 0 Å². The Bertz CT molecular complexity index is 990. The number of hydrogen-bond acceptors (Lipinski definition) is 7. The summed E-state index contributed by atoms with van der Waals surface area (Å²) in [5.41, 5.74) is 10.9. The summed E-state index contributed by atoms with van der Waals surface area (Å²) in [6.07, 6.45) is 6.17. The van der Waals surface area contributed by atoms with E-state index in [1.807, 2.05) is 23.1 Å². The van der Waals surface area contributed by atoms with Crippen LogP contribution < -0.4 is 16.0 Å². The summed E-state index contributed by atoms with van der Waals surface area (Å²) in [6, 6.07) is 5.96. The standard InChI is InChI=1S/C24H32N6O2/c1-4-18-13-19(7-9-26-18)27-21-14-20(25)24(28-23(21)17-5-6-17)29-10-11-30(16(2)15-29)22(31)8-12-32-3/h4,7,9,13-14,16-17H,1,5-6,8,10-12,15,25H2,2-3H3,(H,26,27)/t16-/m1/s1. The first-order valence-corrected chi connectivity index (χ1v) is 11.2. The first-order valence-electron chi connectivity index (χ1n) is 11.2. The number of hydrogen-bond donors (Lipinski definition) is 2. The molecule has 1 saturated heterocycles. The van der Waals surface area contributed by atoms with E-state index in [0.29, 0.717) is 44.3 Å². The maximum Gasteiger partial charge on any atom is 0.225 e. The van der Waals surface area contributed by atoms with Crippen molar-refractivity contribution in [2.24, 2.45) is 0 Å². The van der Waals surface area contributed by atoms with Crippen molar-refractivity contribution in [1.29, 1.82) is 0 Å². The maximum absolute atomic E-state index is 12.5. The number of methoxy groups -OCH3 is 1. The Balaban J connectivity index is 1.53. The van der Waals surface area contributed by atoms with Crippen LogP contribution in [0.15, 0.2) is 31.0 Å². The minimum Gasteiger partial charge on any atom is -0.396 e. The lowest BCUT2D eigenvalue weighted by Crippen LogP contribution is -2.54. The topological polar surface area (TPSA) is 96.6 Å². The van der Waals surface area contributed by atoms with E-state index in [0.717, 1.165) is 41.4 Å². The van der Waals surface area contributed by atoms with E-state index in [1.54, 1.807) is 19.4 Å². The lowest BCUT2D eigenvalue weighted by Gasteiger charge is -2.41. The van der Waals surface area contributed by atoms with Crippen molar-refractivity contribution in [2.75, 3.05) is 49.3 Å². The van der Waals surface area contributed by atoms with Gasteiger partial charge in [0.1, 0.15) is 0 Å². The van der Waals surface area contributed by atoms with Gasteiger partial charge >= 0.3 is 0 Å². The average Bonchev–Trinajstić information content (AvgIpc) is 3.63. The zero-order valence-corrected chi connectivity index (χ0v) is 18.9. The van der Waals surface area contributed by atoms with Crippen LogP contribution in [0.25, 0.3) is 6.08 Å². The number of aromatic nitrogens is 2. The molecule has 0 bridgehead atoms. The minimum absolute atomic E-state index is 0.0885. The van der Waals surface area contributed by atoms with Crippen LogP contribution in [0, 0.1) is 0 Å². The van der Waals surface area contributed by atoms with Crippen LogP contribution in [0.5, 0.6) is 0 Å². The van der Waals surface area contributed by atoms with Crippen molar-refractivity contribution in [3.8, 4) is 0 Å². The smallest absolute Gasteiger partial charge is 0.225 e. The number of nitrogens with two attached hydrogens (primary N) is 1. The van der Waals surface area contributed by atoms with Crippen LogP contribution in [0.3, 0.4) is 0 Å². The molecule has 2 aliphatic rings. The second kappa shape index (κ2) is 9.56. The Morgan fingerprint density at radius 1 is 1.38 bits per heavy atom. The van der Waals surface area contributed by atoms with Crippen LogP contribution in [-0.4, -0.2) is 60.2 Å². The third-order valence-electron chi connectivity index (χ3n) is 6.06. The SMILES string of the molecule is C=Cc1cc(Nc2cc(N)c(N3CCN(C(=O)CCOC)[C@H](C)C3)nc2C2CC2)ccn1. The van der Waals surface area contributed by atoms with E-state index in [2.05, 4.69) is 28.7 Å². The van der Waals surface area contributed by atoms with E-state index in [4.69, 9.17) is 15.5 Å². The van der Waals surface area contributed by atoms with Gasteiger partial charge in [0.15, 0.2) is 5.82 Å². The van der Waals surface area contributed by atoms with Gasteiger partial charge in [-0.15, -0.1) is 0 Å². The predicted molar refractivity (Wildman–Crippen MR) is 128 cm³/mol. The molecule has 32 heavy (non-hydrogen) atoms. The number of amides is 1. The number of rotatable bonds is 8. The Kier molecular flexibility index (Phi) is 6.60. The third kappa shape index (κ3) is 4.85. The van der Waals surface area contributed by atoms with Gasteiger partial charge in [-0.3, -0.25) is 9.78 Å². The van der Waals surface area contributed by atoms with Gasteiger partial charge < -0.3 is 25.6 Å². The van der Waals surface area contributed by atoms with E-state index in [1.165, 1.54) is 0 Å². The first kappa shape index (κ1) is 22.1. The third-order valence-corrected chi connectivity index (χ3v) is 6.06. The zero-order chi connectivity index (χ0) is 22.7. The molecule has 2 fully saturated rings. The molecule has 1 aliphatic carbocycles. The normalized spacial score (nSPS) is 18.5. The van der Waals surface area contributed by atoms with E-state index in [9.17, 15) is 4.79 Å². The van der Waals surface area contributed by atoms with Crippen LogP contribution in [0.1, 0.15) is 43.5 Å². The molecule has 1 amide bonds. The van der Waals surface area contributed by atoms with Gasteiger partial charge in [0.05, 0.1) is 35.8 Å². The van der Waals surface area contributed by atoms with Gasteiger partial charge in [0, 0.05) is 50.6 Å². The summed E-state index contributed by atoms with van der Waals surface area (Å²) in [4.78, 5) is 25.9. The number of nitrogens with one attached hydrogen (secondary N) is 1. The Morgan fingerprint density at radius 2 is 2.19 bits per heavy atom. The quantitative estimate of drug-likeness (QED) is 0.655. The van der Waals surface area contributed by atoms with Gasteiger partial charge in [0.25, 0.3) is 0 Å². The summed E-state index contributed by atoms with van der Waals surface area (Å²) in [7, 11) is 1.62. The second-order valence-electron chi connectivity index (χ2n) is 8.53. The van der Waals surface area contributed by atoms with Gasteiger partial charge in [-0.05, 0) is 44.0 Å². The zero-order valence-electron chi connectivity index (χ0n) is 18.9. The van der Waals surface area contributed by atoms with Crippen LogP contribution in [0.4, 0.5) is 22.9 Å². The Hall–Kier alpha value is -3.13. The molecule has 170 valence electrons. The molecule has 1 aliphatic heterocycles. The predicted octanol–water partition coefficient (Wildman–Crippen LogP) is 3.40. The molecule has 3 heterocycles. The number of piperazine rings is 1. The van der Waals surface area contributed by atoms with Crippen LogP contribution in [0.2, 0.25) is 0 Å². The van der Waals surface area contributed by atoms with Gasteiger partial charge in [-0.2, -0.15) is 0 Å². The highest BCUT2D eigenvalue weighted by atomic mass is 16.5. The number of anilines is 4. The molecule has 1 saturated carbocycles. The number of carbonyl (C=O) groups excluding carboxylic acids is 1. The highest BCUT2D eigenvalue weighted by Gasteiger charge is 2.32. The number of pyridine rings is 2. The molecule has 4 rings (SSSR count). The van der Waals surface area contributed by atoms with Crippen molar-refractivity contribution >= 4 is 34.9 Å². The van der Waals surface area contributed by atoms with Gasteiger partial charge in [-0.25, -0.2) is 4.98 Å². The van der Waals surface area contributed by atoms with Gasteiger partial charge in [-0.1, -0.05) is 6.58 Å². The summed E-state index contributed by atoms with van der Waals surface area (Å²) in [5.74, 6) is 1.40. The first-order chi connectivity index (χ1) is 15.5. The molecule has 0 spiro atoms. The van der Waals surface area contributed by atoms with E-state index in [-0.39, 0.29) is 11.9 Å².